The highest BCUT2D eigenvalue weighted by Gasteiger charge is 2.27. The van der Waals surface area contributed by atoms with E-state index in [4.69, 9.17) is 0 Å². The Morgan fingerprint density at radius 2 is 1.60 bits per heavy atom. The summed E-state index contributed by atoms with van der Waals surface area (Å²) in [5, 5.41) is 6.16. The molecule has 3 aromatic rings. The molecule has 2 N–H and O–H groups in total. The first kappa shape index (κ1) is 23.2. The van der Waals surface area contributed by atoms with Gasteiger partial charge in [-0.25, -0.2) is 4.39 Å². The van der Waals surface area contributed by atoms with Gasteiger partial charge in [-0.3, -0.25) is 0 Å². The standard InChI is InChI=1S/C26H26FN.C6H7N/c1-16-13-21(28-2)7-12-22(16)17-3-8-23-18(14-17)4-9-26-24-11-6-20(27)15-19(24)5-10-25(23)26;1-2-4-6-7-5-3-1/h4,6-7,9,11-13,15,17,28H,3,5,8,10,14H2,1-2H3;1-7H. The van der Waals surface area contributed by atoms with E-state index in [2.05, 4.69) is 47.9 Å². The van der Waals surface area contributed by atoms with Crippen molar-refractivity contribution in [2.45, 2.75) is 44.9 Å². The molecule has 0 fully saturated rings. The van der Waals surface area contributed by atoms with Crippen molar-refractivity contribution in [2.24, 2.45) is 0 Å². The lowest BCUT2D eigenvalue weighted by Gasteiger charge is -2.31. The topological polar surface area (TPSA) is 24.1 Å². The lowest BCUT2D eigenvalue weighted by molar-refractivity contribution is 0.578. The van der Waals surface area contributed by atoms with Gasteiger partial charge in [0, 0.05) is 25.1 Å². The van der Waals surface area contributed by atoms with Crippen LogP contribution in [-0.2, 0) is 25.7 Å². The summed E-state index contributed by atoms with van der Waals surface area (Å²) in [7, 11) is 1.97. The van der Waals surface area contributed by atoms with Gasteiger partial charge in [-0.05, 0) is 126 Å². The molecule has 6 rings (SSSR count). The maximum atomic E-state index is 13.6. The summed E-state index contributed by atoms with van der Waals surface area (Å²) in [5.41, 5.74) is 12.3. The second kappa shape index (κ2) is 10.4. The molecule has 0 aromatic heterocycles. The molecule has 2 nitrogen and oxygen atoms in total. The Kier molecular flexibility index (Phi) is 6.85. The highest BCUT2D eigenvalue weighted by Crippen LogP contribution is 2.42. The number of benzene rings is 3. The molecular weight excluding hydrogens is 431 g/mol. The molecule has 3 aromatic carbocycles. The number of hydrogen-bond donors (Lipinski definition) is 2. The predicted octanol–water partition coefficient (Wildman–Crippen LogP) is 7.39. The van der Waals surface area contributed by atoms with Crippen molar-refractivity contribution < 1.29 is 4.39 Å². The van der Waals surface area contributed by atoms with E-state index in [9.17, 15) is 4.39 Å². The Morgan fingerprint density at radius 3 is 2.37 bits per heavy atom. The summed E-state index contributed by atoms with van der Waals surface area (Å²) in [5.74, 6) is 0.476. The lowest BCUT2D eigenvalue weighted by atomic mass is 9.74. The van der Waals surface area contributed by atoms with Crippen LogP contribution in [0.1, 0.15) is 45.7 Å². The molecule has 0 radical (unpaired) electrons. The summed E-state index contributed by atoms with van der Waals surface area (Å²) in [4.78, 5) is 0. The van der Waals surface area contributed by atoms with Gasteiger partial charge in [0.15, 0.2) is 0 Å². The van der Waals surface area contributed by atoms with Crippen molar-refractivity contribution in [1.29, 1.82) is 0 Å². The fraction of sp³-hybridized carbons (Fsp3) is 0.250. The van der Waals surface area contributed by atoms with E-state index in [0.717, 1.165) is 31.2 Å². The largest absolute Gasteiger partial charge is 0.388 e. The van der Waals surface area contributed by atoms with Crippen LogP contribution in [0.25, 0.3) is 11.1 Å². The normalized spacial score (nSPS) is 17.2. The number of fused-ring (bicyclic) bond motifs is 5. The summed E-state index contributed by atoms with van der Waals surface area (Å²) < 4.78 is 13.6. The summed E-state index contributed by atoms with van der Waals surface area (Å²) in [6.07, 6.45) is 17.0. The van der Waals surface area contributed by atoms with Crippen LogP contribution in [0.3, 0.4) is 0 Å². The zero-order valence-corrected chi connectivity index (χ0v) is 20.6. The van der Waals surface area contributed by atoms with Gasteiger partial charge in [0.1, 0.15) is 5.82 Å². The van der Waals surface area contributed by atoms with E-state index < -0.39 is 0 Å². The van der Waals surface area contributed by atoms with E-state index in [1.807, 2.05) is 49.8 Å². The van der Waals surface area contributed by atoms with Gasteiger partial charge in [-0.2, -0.15) is 0 Å². The summed E-state index contributed by atoms with van der Waals surface area (Å²) in [6, 6.07) is 16.6. The molecule has 0 spiro atoms. The Bertz CT molecular complexity index is 1300. The number of allylic oxidation sites excluding steroid dienone is 4. The van der Waals surface area contributed by atoms with Gasteiger partial charge < -0.3 is 10.6 Å². The lowest BCUT2D eigenvalue weighted by Crippen LogP contribution is -2.18. The Hall–Kier alpha value is -3.59. The highest BCUT2D eigenvalue weighted by atomic mass is 19.1. The minimum Gasteiger partial charge on any atom is -0.388 e. The molecule has 35 heavy (non-hydrogen) atoms. The molecule has 178 valence electrons. The fourth-order valence-electron chi connectivity index (χ4n) is 5.72. The number of rotatable bonds is 2. The van der Waals surface area contributed by atoms with Crippen molar-refractivity contribution in [2.75, 3.05) is 12.4 Å². The zero-order valence-electron chi connectivity index (χ0n) is 20.6. The van der Waals surface area contributed by atoms with Crippen molar-refractivity contribution in [3.8, 4) is 11.1 Å². The highest BCUT2D eigenvalue weighted by molar-refractivity contribution is 5.75. The molecule has 1 aliphatic heterocycles. The second-order valence-electron chi connectivity index (χ2n) is 9.56. The Balaban J connectivity index is 0.000000313. The van der Waals surface area contributed by atoms with Gasteiger partial charge in [-0.1, -0.05) is 36.4 Å². The number of aryl methyl sites for hydroxylation is 2. The van der Waals surface area contributed by atoms with Crippen LogP contribution in [0.2, 0.25) is 0 Å². The van der Waals surface area contributed by atoms with Gasteiger partial charge >= 0.3 is 0 Å². The maximum absolute atomic E-state index is 13.6. The minimum atomic E-state index is -0.123. The third kappa shape index (κ3) is 4.95. The van der Waals surface area contributed by atoms with Gasteiger partial charge in [-0.15, -0.1) is 0 Å². The van der Waals surface area contributed by atoms with Crippen molar-refractivity contribution in [3.63, 3.8) is 0 Å². The zero-order chi connectivity index (χ0) is 24.2. The summed E-state index contributed by atoms with van der Waals surface area (Å²) >= 11 is 0. The number of halogens is 1. The molecule has 3 heteroatoms. The molecule has 1 unspecified atom stereocenters. The molecule has 0 bridgehead atoms. The molecule has 0 saturated heterocycles. The van der Waals surface area contributed by atoms with Gasteiger partial charge in [0.2, 0.25) is 0 Å². The average Bonchev–Trinajstić information content (AvgIpc) is 3.21. The van der Waals surface area contributed by atoms with Crippen LogP contribution in [0, 0.1) is 12.7 Å². The Morgan fingerprint density at radius 1 is 0.800 bits per heavy atom. The van der Waals surface area contributed by atoms with Crippen molar-refractivity contribution in [3.05, 3.63) is 124 Å². The second-order valence-corrected chi connectivity index (χ2v) is 9.56. The smallest absolute Gasteiger partial charge is 0.123 e. The molecular formula is C32H33FN2. The van der Waals surface area contributed by atoms with E-state index in [0.29, 0.717) is 5.92 Å². The number of anilines is 1. The minimum absolute atomic E-state index is 0.123. The quantitative estimate of drug-likeness (QED) is 0.413. The number of hydrogen-bond acceptors (Lipinski definition) is 2. The molecule has 0 amide bonds. The predicted molar refractivity (Wildman–Crippen MR) is 145 cm³/mol. The molecule has 3 aliphatic rings. The maximum Gasteiger partial charge on any atom is 0.123 e. The van der Waals surface area contributed by atoms with Crippen LogP contribution in [0.15, 0.2) is 85.2 Å². The van der Waals surface area contributed by atoms with Crippen LogP contribution in [-0.4, -0.2) is 7.05 Å². The van der Waals surface area contributed by atoms with Crippen LogP contribution in [0.5, 0.6) is 0 Å². The first-order chi connectivity index (χ1) is 17.1. The summed E-state index contributed by atoms with van der Waals surface area (Å²) in [6.45, 7) is 2.23. The monoisotopic (exact) mass is 464 g/mol. The van der Waals surface area contributed by atoms with E-state index in [-0.39, 0.29) is 5.82 Å². The average molecular weight is 465 g/mol. The Labute approximate surface area is 208 Å². The fourth-order valence-corrected chi connectivity index (χ4v) is 5.72. The first-order valence-corrected chi connectivity index (χ1v) is 12.6. The molecule has 1 heterocycles. The first-order valence-electron chi connectivity index (χ1n) is 12.6. The van der Waals surface area contributed by atoms with Crippen LogP contribution >= 0.6 is 0 Å². The van der Waals surface area contributed by atoms with E-state index in [1.165, 1.54) is 45.5 Å². The van der Waals surface area contributed by atoms with Crippen molar-refractivity contribution in [1.82, 2.24) is 5.32 Å². The van der Waals surface area contributed by atoms with Crippen LogP contribution in [0.4, 0.5) is 10.1 Å². The third-order valence-corrected chi connectivity index (χ3v) is 7.46. The van der Waals surface area contributed by atoms with E-state index in [1.54, 1.807) is 17.7 Å². The van der Waals surface area contributed by atoms with Gasteiger partial charge in [0.05, 0.1) is 0 Å². The van der Waals surface area contributed by atoms with Gasteiger partial charge in [0.25, 0.3) is 0 Å². The molecule has 1 atom stereocenters. The SMILES string of the molecule is C1=CC=CNC=C1.CNc1ccc(C2CCc3c(ccc4c3CCc3cc(F)ccc3-4)C2)c(C)c1. The molecule has 2 aliphatic carbocycles. The third-order valence-electron chi connectivity index (χ3n) is 7.46. The van der Waals surface area contributed by atoms with Crippen molar-refractivity contribution >= 4 is 5.69 Å². The molecule has 0 saturated carbocycles. The van der Waals surface area contributed by atoms with Crippen LogP contribution < -0.4 is 10.6 Å². The number of nitrogens with one attached hydrogen (secondary N) is 2. The van der Waals surface area contributed by atoms with E-state index >= 15 is 0 Å².